The minimum Gasteiger partial charge on any atom is -0.493 e. The summed E-state index contributed by atoms with van der Waals surface area (Å²) >= 11 is 0. The maximum atomic E-state index is 13.1. The fourth-order valence-electron chi connectivity index (χ4n) is 3.60. The Morgan fingerprint density at radius 2 is 1.81 bits per heavy atom. The summed E-state index contributed by atoms with van der Waals surface area (Å²) in [6.07, 6.45) is 2.99. The van der Waals surface area contributed by atoms with Gasteiger partial charge >= 0.3 is 6.61 Å². The third-order valence-electron chi connectivity index (χ3n) is 5.21. The van der Waals surface area contributed by atoms with Crippen LogP contribution in [0.25, 0.3) is 0 Å². The number of hydrogen-bond donors (Lipinski definition) is 1. The number of carbonyl (C=O) groups excluding carboxylic acids is 1. The lowest BCUT2D eigenvalue weighted by molar-refractivity contribution is -0.0512. The van der Waals surface area contributed by atoms with E-state index in [-0.39, 0.29) is 28.5 Å². The van der Waals surface area contributed by atoms with E-state index in [0.29, 0.717) is 19.5 Å². The number of hydrogen-bond acceptors (Lipinski definition) is 5. The lowest BCUT2D eigenvalue weighted by atomic mass is 10.1. The second-order valence-electron chi connectivity index (χ2n) is 7.33. The second kappa shape index (κ2) is 10.7. The van der Waals surface area contributed by atoms with Gasteiger partial charge in [0.25, 0.3) is 5.91 Å². The van der Waals surface area contributed by atoms with Gasteiger partial charge in [0.05, 0.1) is 17.6 Å². The van der Waals surface area contributed by atoms with Gasteiger partial charge in [0.2, 0.25) is 10.0 Å². The van der Waals surface area contributed by atoms with Crippen LogP contribution in [-0.4, -0.2) is 52.0 Å². The fourth-order valence-corrected chi connectivity index (χ4v) is 5.31. The van der Waals surface area contributed by atoms with Crippen LogP contribution in [0.15, 0.2) is 47.4 Å². The Kier molecular flexibility index (Phi) is 8.03. The van der Waals surface area contributed by atoms with E-state index in [1.807, 2.05) is 0 Å². The number of rotatable bonds is 9. The first-order valence-corrected chi connectivity index (χ1v) is 11.8. The van der Waals surface area contributed by atoms with E-state index in [4.69, 9.17) is 4.74 Å². The molecule has 0 spiro atoms. The third kappa shape index (κ3) is 5.74. The molecule has 2 aromatic rings. The molecule has 32 heavy (non-hydrogen) atoms. The molecule has 1 amide bonds. The Hall–Kier alpha value is -2.72. The summed E-state index contributed by atoms with van der Waals surface area (Å²) in [5.41, 5.74) is 0.828. The number of alkyl halides is 2. The van der Waals surface area contributed by atoms with Crippen LogP contribution < -0.4 is 14.8 Å². The van der Waals surface area contributed by atoms with Crippen LogP contribution in [0.5, 0.6) is 11.5 Å². The molecular weight excluding hydrogens is 442 g/mol. The van der Waals surface area contributed by atoms with Crippen LogP contribution in [0.1, 0.15) is 35.2 Å². The number of piperidine rings is 1. The summed E-state index contributed by atoms with van der Waals surface area (Å²) in [5.74, 6) is -0.412. The SMILES string of the molecule is COc1cc(CCNC(=O)c2ccccc2S(=O)(=O)N2CCCCC2)ccc1OC(F)F. The van der Waals surface area contributed by atoms with E-state index in [2.05, 4.69) is 10.1 Å². The summed E-state index contributed by atoms with van der Waals surface area (Å²) < 4.78 is 61.9. The highest BCUT2D eigenvalue weighted by molar-refractivity contribution is 7.89. The molecular formula is C22H26F2N2O5S. The van der Waals surface area contributed by atoms with Crippen molar-refractivity contribution in [1.82, 2.24) is 9.62 Å². The van der Waals surface area contributed by atoms with E-state index in [1.54, 1.807) is 24.3 Å². The number of amides is 1. The van der Waals surface area contributed by atoms with Crippen LogP contribution in [-0.2, 0) is 16.4 Å². The van der Waals surface area contributed by atoms with Gasteiger partial charge in [-0.2, -0.15) is 13.1 Å². The molecule has 1 heterocycles. The summed E-state index contributed by atoms with van der Waals surface area (Å²) in [7, 11) is -2.41. The molecule has 1 fully saturated rings. The lowest BCUT2D eigenvalue weighted by Crippen LogP contribution is -2.37. The number of methoxy groups -OCH3 is 1. The van der Waals surface area contributed by atoms with Crippen molar-refractivity contribution in [3.63, 3.8) is 0 Å². The average molecular weight is 469 g/mol. The number of sulfonamides is 1. The Balaban J connectivity index is 1.67. The highest BCUT2D eigenvalue weighted by Gasteiger charge is 2.29. The molecule has 0 aliphatic carbocycles. The fraction of sp³-hybridized carbons (Fsp3) is 0.409. The summed E-state index contributed by atoms with van der Waals surface area (Å²) in [4.78, 5) is 12.8. The van der Waals surface area contributed by atoms with Crippen molar-refractivity contribution in [2.24, 2.45) is 0 Å². The van der Waals surface area contributed by atoms with Crippen molar-refractivity contribution in [2.45, 2.75) is 37.2 Å². The quantitative estimate of drug-likeness (QED) is 0.610. The molecule has 1 saturated heterocycles. The zero-order chi connectivity index (χ0) is 23.1. The number of ether oxygens (including phenoxy) is 2. The van der Waals surface area contributed by atoms with Gasteiger partial charge in [0.1, 0.15) is 0 Å². The maximum absolute atomic E-state index is 13.1. The number of halogens is 2. The van der Waals surface area contributed by atoms with E-state index >= 15 is 0 Å². The first kappa shape index (κ1) is 23.9. The van der Waals surface area contributed by atoms with Gasteiger partial charge in [0, 0.05) is 19.6 Å². The first-order chi connectivity index (χ1) is 15.3. The standard InChI is InChI=1S/C22H26F2N2O5S/c1-30-19-15-16(9-10-18(19)31-22(23)24)11-12-25-21(27)17-7-3-4-8-20(17)32(28,29)26-13-5-2-6-14-26/h3-4,7-10,15,22H,2,5-6,11-14H2,1H3,(H,25,27). The second-order valence-corrected chi connectivity index (χ2v) is 9.24. The van der Waals surface area contributed by atoms with Gasteiger partial charge in [-0.15, -0.1) is 0 Å². The molecule has 10 heteroatoms. The van der Waals surface area contributed by atoms with E-state index in [9.17, 15) is 22.0 Å². The predicted molar refractivity (Wildman–Crippen MR) is 115 cm³/mol. The average Bonchev–Trinajstić information content (AvgIpc) is 2.80. The molecule has 0 aromatic heterocycles. The van der Waals surface area contributed by atoms with Gasteiger partial charge in [-0.25, -0.2) is 8.42 Å². The van der Waals surface area contributed by atoms with Gasteiger partial charge < -0.3 is 14.8 Å². The van der Waals surface area contributed by atoms with E-state index in [1.165, 1.54) is 29.6 Å². The van der Waals surface area contributed by atoms with Crippen LogP contribution >= 0.6 is 0 Å². The summed E-state index contributed by atoms with van der Waals surface area (Å²) in [6, 6.07) is 10.7. The van der Waals surface area contributed by atoms with Gasteiger partial charge in [-0.3, -0.25) is 4.79 Å². The Morgan fingerprint density at radius 1 is 1.09 bits per heavy atom. The van der Waals surface area contributed by atoms with Crippen LogP contribution in [0, 0.1) is 0 Å². The minimum atomic E-state index is -3.76. The molecule has 1 N–H and O–H groups in total. The lowest BCUT2D eigenvalue weighted by Gasteiger charge is -2.26. The van der Waals surface area contributed by atoms with Crippen LogP contribution in [0.4, 0.5) is 8.78 Å². The van der Waals surface area contributed by atoms with Crippen molar-refractivity contribution >= 4 is 15.9 Å². The zero-order valence-electron chi connectivity index (χ0n) is 17.7. The Morgan fingerprint density at radius 3 is 2.50 bits per heavy atom. The monoisotopic (exact) mass is 468 g/mol. The summed E-state index contributed by atoms with van der Waals surface area (Å²) in [6.45, 7) is -1.85. The molecule has 1 aliphatic rings. The number of carbonyl (C=O) groups is 1. The van der Waals surface area contributed by atoms with Crippen molar-refractivity contribution in [3.8, 4) is 11.5 Å². The molecule has 0 radical (unpaired) electrons. The third-order valence-corrected chi connectivity index (χ3v) is 7.16. The smallest absolute Gasteiger partial charge is 0.387 e. The van der Waals surface area contributed by atoms with Crippen molar-refractivity contribution in [2.75, 3.05) is 26.7 Å². The normalized spacial score (nSPS) is 14.9. The van der Waals surface area contributed by atoms with E-state index in [0.717, 1.165) is 24.8 Å². The largest absolute Gasteiger partial charge is 0.493 e. The molecule has 0 unspecified atom stereocenters. The van der Waals surface area contributed by atoms with Crippen molar-refractivity contribution < 1.29 is 31.5 Å². The van der Waals surface area contributed by atoms with Crippen molar-refractivity contribution in [1.29, 1.82) is 0 Å². The molecule has 0 atom stereocenters. The van der Waals surface area contributed by atoms with Gasteiger partial charge in [-0.1, -0.05) is 24.6 Å². The highest BCUT2D eigenvalue weighted by atomic mass is 32.2. The predicted octanol–water partition coefficient (Wildman–Crippen LogP) is 3.44. The van der Waals surface area contributed by atoms with Crippen LogP contribution in [0.3, 0.4) is 0 Å². The first-order valence-electron chi connectivity index (χ1n) is 10.3. The van der Waals surface area contributed by atoms with E-state index < -0.39 is 22.5 Å². The molecule has 2 aromatic carbocycles. The molecule has 7 nitrogen and oxygen atoms in total. The van der Waals surface area contributed by atoms with Crippen molar-refractivity contribution in [3.05, 3.63) is 53.6 Å². The molecule has 1 aliphatic heterocycles. The molecule has 0 bridgehead atoms. The molecule has 3 rings (SSSR count). The minimum absolute atomic E-state index is 0.00503. The molecule has 174 valence electrons. The Labute approximate surface area is 186 Å². The topological polar surface area (TPSA) is 84.9 Å². The van der Waals surface area contributed by atoms with Crippen LogP contribution in [0.2, 0.25) is 0 Å². The van der Waals surface area contributed by atoms with Gasteiger partial charge in [0.15, 0.2) is 11.5 Å². The van der Waals surface area contributed by atoms with Gasteiger partial charge in [-0.05, 0) is 49.1 Å². The zero-order valence-corrected chi connectivity index (χ0v) is 18.5. The number of nitrogens with zero attached hydrogens (tertiary/aromatic N) is 1. The number of nitrogens with one attached hydrogen (secondary N) is 1. The Bertz CT molecular complexity index is 1040. The number of benzene rings is 2. The highest BCUT2D eigenvalue weighted by Crippen LogP contribution is 2.29. The summed E-state index contributed by atoms with van der Waals surface area (Å²) in [5, 5.41) is 2.73. The molecule has 0 saturated carbocycles. The maximum Gasteiger partial charge on any atom is 0.387 e.